The first-order valence-electron chi connectivity index (χ1n) is 6.88. The monoisotopic (exact) mass is 306 g/mol. The molecule has 0 unspecified atom stereocenters. The molecule has 1 N–H and O–H groups in total. The average Bonchev–Trinajstić information content (AvgIpc) is 2.95. The van der Waals surface area contributed by atoms with Crippen LogP contribution in [0.1, 0.15) is 16.1 Å². The smallest absolute Gasteiger partial charge is 0.126 e. The highest BCUT2D eigenvalue weighted by Crippen LogP contribution is 2.28. The fraction of sp³-hybridized carbons (Fsp3) is 0.118. The Morgan fingerprint density at radius 3 is 2.68 bits per heavy atom. The van der Waals surface area contributed by atoms with Crippen LogP contribution in [0.5, 0.6) is 0 Å². The van der Waals surface area contributed by atoms with Crippen LogP contribution in [-0.4, -0.2) is 9.97 Å². The Hall–Kier alpha value is -2.71. The topological polar surface area (TPSA) is 61.6 Å². The van der Waals surface area contributed by atoms with Crippen LogP contribution in [0.15, 0.2) is 48.7 Å². The largest absolute Gasteiger partial charge is 0.365 e. The molecule has 3 aromatic rings. The molecule has 1 aromatic carbocycles. The summed E-state index contributed by atoms with van der Waals surface area (Å²) in [6.45, 7) is 2.70. The van der Waals surface area contributed by atoms with Crippen molar-refractivity contribution >= 4 is 17.2 Å². The summed E-state index contributed by atoms with van der Waals surface area (Å²) in [7, 11) is 0. The molecule has 0 saturated carbocycles. The number of rotatable bonds is 4. The van der Waals surface area contributed by atoms with E-state index in [-0.39, 0.29) is 0 Å². The number of benzene rings is 1. The molecule has 0 atom stereocenters. The number of thiazole rings is 1. The van der Waals surface area contributed by atoms with Gasteiger partial charge in [-0.15, -0.1) is 11.3 Å². The van der Waals surface area contributed by atoms with Crippen molar-refractivity contribution in [1.29, 1.82) is 5.26 Å². The van der Waals surface area contributed by atoms with Crippen LogP contribution in [0, 0.1) is 18.3 Å². The molecule has 3 rings (SSSR count). The molecule has 5 heteroatoms. The van der Waals surface area contributed by atoms with Crippen molar-refractivity contribution in [3.63, 3.8) is 0 Å². The first-order valence-corrected chi connectivity index (χ1v) is 7.69. The molecule has 4 nitrogen and oxygen atoms in total. The van der Waals surface area contributed by atoms with Gasteiger partial charge in [-0.2, -0.15) is 5.26 Å². The maximum Gasteiger partial charge on any atom is 0.126 e. The summed E-state index contributed by atoms with van der Waals surface area (Å²) in [5.41, 5.74) is 2.73. The summed E-state index contributed by atoms with van der Waals surface area (Å²) in [4.78, 5) is 10.0. The van der Waals surface area contributed by atoms with Gasteiger partial charge >= 0.3 is 0 Å². The SMILES string of the molecule is Cc1nc(-c2ccccc2)sc1CNc1ccc(C#N)cn1. The Labute approximate surface area is 133 Å². The minimum atomic E-state index is 0.561. The maximum absolute atomic E-state index is 8.77. The molecule has 0 saturated heterocycles. The Balaban J connectivity index is 1.73. The van der Waals surface area contributed by atoms with Crippen LogP contribution >= 0.6 is 11.3 Å². The van der Waals surface area contributed by atoms with E-state index in [9.17, 15) is 0 Å². The van der Waals surface area contributed by atoms with Gasteiger partial charge in [0.15, 0.2) is 0 Å². The number of nitrogens with zero attached hydrogens (tertiary/aromatic N) is 3. The van der Waals surface area contributed by atoms with Gasteiger partial charge in [-0.05, 0) is 19.1 Å². The van der Waals surface area contributed by atoms with Crippen molar-refractivity contribution in [2.24, 2.45) is 0 Å². The Morgan fingerprint density at radius 1 is 1.18 bits per heavy atom. The first kappa shape index (κ1) is 14.2. The van der Waals surface area contributed by atoms with Crippen molar-refractivity contribution in [3.8, 4) is 16.6 Å². The third kappa shape index (κ3) is 3.13. The number of hydrogen-bond acceptors (Lipinski definition) is 5. The molecule has 2 aromatic heterocycles. The van der Waals surface area contributed by atoms with E-state index in [1.165, 1.54) is 4.88 Å². The lowest BCUT2D eigenvalue weighted by Crippen LogP contribution is -2.00. The minimum absolute atomic E-state index is 0.561. The van der Waals surface area contributed by atoms with E-state index in [2.05, 4.69) is 33.5 Å². The van der Waals surface area contributed by atoms with E-state index < -0.39 is 0 Å². The number of anilines is 1. The Morgan fingerprint density at radius 2 is 2.00 bits per heavy atom. The summed E-state index contributed by atoms with van der Waals surface area (Å²) in [6, 6.07) is 15.8. The van der Waals surface area contributed by atoms with Crippen LogP contribution in [0.3, 0.4) is 0 Å². The average molecular weight is 306 g/mol. The van der Waals surface area contributed by atoms with Gasteiger partial charge in [-0.1, -0.05) is 30.3 Å². The standard InChI is InChI=1S/C17H14N4S/c1-12-15(11-20-16-8-7-13(9-18)10-19-16)22-17(21-12)14-5-3-2-4-6-14/h2-8,10H,11H2,1H3,(H,19,20). The third-order valence-electron chi connectivity index (χ3n) is 3.24. The van der Waals surface area contributed by atoms with E-state index in [0.29, 0.717) is 12.1 Å². The zero-order chi connectivity index (χ0) is 15.4. The molecule has 0 fully saturated rings. The Bertz CT molecular complexity index is 801. The van der Waals surface area contributed by atoms with Gasteiger partial charge in [0.05, 0.1) is 17.8 Å². The molecule has 22 heavy (non-hydrogen) atoms. The van der Waals surface area contributed by atoms with Gasteiger partial charge in [-0.3, -0.25) is 0 Å². The van der Waals surface area contributed by atoms with Crippen LogP contribution in [0.2, 0.25) is 0 Å². The van der Waals surface area contributed by atoms with Crippen LogP contribution in [-0.2, 0) is 6.54 Å². The predicted molar refractivity (Wildman–Crippen MR) is 88.6 cm³/mol. The van der Waals surface area contributed by atoms with Gasteiger partial charge in [-0.25, -0.2) is 9.97 Å². The zero-order valence-corrected chi connectivity index (χ0v) is 12.9. The van der Waals surface area contributed by atoms with Crippen molar-refractivity contribution in [2.45, 2.75) is 13.5 Å². The highest BCUT2D eigenvalue weighted by Gasteiger charge is 2.09. The van der Waals surface area contributed by atoms with Crippen molar-refractivity contribution < 1.29 is 0 Å². The van der Waals surface area contributed by atoms with E-state index in [1.807, 2.05) is 31.2 Å². The highest BCUT2D eigenvalue weighted by molar-refractivity contribution is 7.15. The lowest BCUT2D eigenvalue weighted by molar-refractivity contribution is 1.10. The molecule has 108 valence electrons. The molecule has 0 spiro atoms. The lowest BCUT2D eigenvalue weighted by Gasteiger charge is -2.03. The van der Waals surface area contributed by atoms with Crippen LogP contribution in [0.4, 0.5) is 5.82 Å². The summed E-state index contributed by atoms with van der Waals surface area (Å²) in [6.07, 6.45) is 1.57. The van der Waals surface area contributed by atoms with E-state index >= 15 is 0 Å². The number of hydrogen-bond donors (Lipinski definition) is 1. The van der Waals surface area contributed by atoms with Crippen molar-refractivity contribution in [2.75, 3.05) is 5.32 Å². The van der Waals surface area contributed by atoms with Gasteiger partial charge in [0, 0.05) is 16.6 Å². The van der Waals surface area contributed by atoms with E-state index in [1.54, 1.807) is 23.6 Å². The fourth-order valence-corrected chi connectivity index (χ4v) is 3.04. The Kier molecular flexibility index (Phi) is 4.12. The van der Waals surface area contributed by atoms with Gasteiger partial charge in [0.25, 0.3) is 0 Å². The van der Waals surface area contributed by atoms with Crippen LogP contribution < -0.4 is 5.32 Å². The summed E-state index contributed by atoms with van der Waals surface area (Å²) in [5, 5.41) is 13.1. The number of nitriles is 1. The summed E-state index contributed by atoms with van der Waals surface area (Å²) < 4.78 is 0. The van der Waals surface area contributed by atoms with Gasteiger partial charge in [0.1, 0.15) is 16.9 Å². The molecular formula is C17H14N4S. The molecule has 2 heterocycles. The zero-order valence-electron chi connectivity index (χ0n) is 12.1. The molecule has 0 aliphatic rings. The lowest BCUT2D eigenvalue weighted by atomic mass is 10.2. The van der Waals surface area contributed by atoms with E-state index in [4.69, 9.17) is 5.26 Å². The van der Waals surface area contributed by atoms with Crippen molar-refractivity contribution in [1.82, 2.24) is 9.97 Å². The number of aromatic nitrogens is 2. The molecule has 0 amide bonds. The second-order valence-electron chi connectivity index (χ2n) is 4.79. The number of aryl methyl sites for hydroxylation is 1. The third-order valence-corrected chi connectivity index (χ3v) is 4.44. The van der Waals surface area contributed by atoms with Crippen LogP contribution in [0.25, 0.3) is 10.6 Å². The molecule has 0 aliphatic heterocycles. The summed E-state index contributed by atoms with van der Waals surface area (Å²) in [5.74, 6) is 0.757. The quantitative estimate of drug-likeness (QED) is 0.791. The summed E-state index contributed by atoms with van der Waals surface area (Å²) >= 11 is 1.69. The fourth-order valence-electron chi connectivity index (χ4n) is 2.03. The van der Waals surface area contributed by atoms with E-state index in [0.717, 1.165) is 22.1 Å². The highest BCUT2D eigenvalue weighted by atomic mass is 32.1. The number of pyridine rings is 1. The minimum Gasteiger partial charge on any atom is -0.365 e. The molecule has 0 bridgehead atoms. The molecule has 0 radical (unpaired) electrons. The molecule has 0 aliphatic carbocycles. The maximum atomic E-state index is 8.77. The van der Waals surface area contributed by atoms with Gasteiger partial charge in [0.2, 0.25) is 0 Å². The second kappa shape index (κ2) is 6.37. The predicted octanol–water partition coefficient (Wildman–Crippen LogP) is 4.00. The van der Waals surface area contributed by atoms with Crippen molar-refractivity contribution in [3.05, 3.63) is 64.8 Å². The second-order valence-corrected chi connectivity index (χ2v) is 5.87. The number of nitrogens with one attached hydrogen (secondary N) is 1. The molecular weight excluding hydrogens is 292 g/mol. The normalized spacial score (nSPS) is 10.2. The first-order chi connectivity index (χ1) is 10.8. The van der Waals surface area contributed by atoms with Gasteiger partial charge < -0.3 is 5.32 Å².